The first-order valence-corrected chi connectivity index (χ1v) is 6.60. The molecule has 0 aliphatic carbocycles. The van der Waals surface area contributed by atoms with Crippen molar-refractivity contribution in [3.8, 4) is 0 Å². The Hall–Kier alpha value is 0.300. The van der Waals surface area contributed by atoms with Gasteiger partial charge in [-0.1, -0.05) is 55.1 Å². The zero-order chi connectivity index (χ0) is 13.2. The van der Waals surface area contributed by atoms with Crippen molar-refractivity contribution in [3.63, 3.8) is 0 Å². The van der Waals surface area contributed by atoms with Crippen LogP contribution in [0.15, 0.2) is 12.1 Å². The van der Waals surface area contributed by atoms with Crippen LogP contribution in [0, 0.1) is 5.92 Å². The maximum absolute atomic E-state index is 10.1. The van der Waals surface area contributed by atoms with Crippen LogP contribution < -0.4 is 5.73 Å². The van der Waals surface area contributed by atoms with Crippen molar-refractivity contribution in [3.05, 3.63) is 32.8 Å². The van der Waals surface area contributed by atoms with Gasteiger partial charge < -0.3 is 10.8 Å². The van der Waals surface area contributed by atoms with Crippen molar-refractivity contribution in [2.24, 2.45) is 11.7 Å². The standard InChI is InChI=1S/C12H16Cl3NO.ClH/c1-3-6(2)12(17)11(16)8-4-7(13)5-9(14)10(8)15;/h4-6,11-12,17H,3,16H2,1-2H3;1H/t6?,11-,12+;/m0./s1. The maximum Gasteiger partial charge on any atom is 0.0758 e. The fraction of sp³-hybridized carbons (Fsp3) is 0.500. The molecule has 6 heteroatoms. The van der Waals surface area contributed by atoms with Crippen molar-refractivity contribution in [2.45, 2.75) is 32.4 Å². The number of aliphatic hydroxyl groups is 1. The molecule has 3 N–H and O–H groups in total. The summed E-state index contributed by atoms with van der Waals surface area (Å²) in [6.45, 7) is 3.93. The minimum Gasteiger partial charge on any atom is -0.391 e. The molecule has 1 rings (SSSR count). The van der Waals surface area contributed by atoms with Crippen LogP contribution >= 0.6 is 47.2 Å². The molecule has 0 spiro atoms. The number of hydrogen-bond donors (Lipinski definition) is 2. The third-order valence-electron chi connectivity index (χ3n) is 2.98. The summed E-state index contributed by atoms with van der Waals surface area (Å²) < 4.78 is 0. The number of rotatable bonds is 4. The number of aliphatic hydroxyl groups excluding tert-OH is 1. The monoisotopic (exact) mass is 331 g/mol. The van der Waals surface area contributed by atoms with Crippen molar-refractivity contribution < 1.29 is 5.11 Å². The quantitative estimate of drug-likeness (QED) is 0.799. The van der Waals surface area contributed by atoms with E-state index in [1.165, 1.54) is 0 Å². The molecule has 0 aromatic heterocycles. The molecule has 1 aromatic rings. The summed E-state index contributed by atoms with van der Waals surface area (Å²) >= 11 is 17.9. The fourth-order valence-corrected chi connectivity index (χ4v) is 2.34. The van der Waals surface area contributed by atoms with E-state index in [9.17, 15) is 5.11 Å². The van der Waals surface area contributed by atoms with Gasteiger partial charge in [0, 0.05) is 5.02 Å². The molecule has 3 atom stereocenters. The summed E-state index contributed by atoms with van der Waals surface area (Å²) in [5.41, 5.74) is 6.58. The van der Waals surface area contributed by atoms with E-state index in [0.717, 1.165) is 6.42 Å². The van der Waals surface area contributed by atoms with Crippen LogP contribution in [0.5, 0.6) is 0 Å². The molecule has 0 aliphatic rings. The number of benzene rings is 1. The van der Waals surface area contributed by atoms with Gasteiger partial charge in [-0.3, -0.25) is 0 Å². The Balaban J connectivity index is 0.00000289. The smallest absolute Gasteiger partial charge is 0.0758 e. The highest BCUT2D eigenvalue weighted by atomic mass is 35.5. The van der Waals surface area contributed by atoms with Crippen LogP contribution in [0.2, 0.25) is 15.1 Å². The van der Waals surface area contributed by atoms with Crippen molar-refractivity contribution in [1.29, 1.82) is 0 Å². The van der Waals surface area contributed by atoms with Crippen LogP contribution in [0.4, 0.5) is 0 Å². The Morgan fingerprint density at radius 2 is 1.83 bits per heavy atom. The van der Waals surface area contributed by atoms with E-state index in [0.29, 0.717) is 20.6 Å². The summed E-state index contributed by atoms with van der Waals surface area (Å²) in [6.07, 6.45) is 0.160. The first-order valence-electron chi connectivity index (χ1n) is 5.46. The van der Waals surface area contributed by atoms with Gasteiger partial charge in [0.2, 0.25) is 0 Å². The Morgan fingerprint density at radius 1 is 1.28 bits per heavy atom. The highest BCUT2D eigenvalue weighted by Crippen LogP contribution is 2.35. The zero-order valence-corrected chi connectivity index (χ0v) is 13.2. The molecule has 1 aromatic carbocycles. The molecule has 0 fully saturated rings. The predicted molar refractivity (Wildman–Crippen MR) is 81.1 cm³/mol. The SMILES string of the molecule is CCC(C)[C@@H](O)[C@@H](N)c1cc(Cl)cc(Cl)c1Cl.Cl. The molecule has 0 aliphatic heterocycles. The lowest BCUT2D eigenvalue weighted by Crippen LogP contribution is -2.31. The second-order valence-corrected chi connectivity index (χ2v) is 5.41. The Labute approximate surface area is 129 Å². The molecule has 18 heavy (non-hydrogen) atoms. The fourth-order valence-electron chi connectivity index (χ4n) is 1.60. The van der Waals surface area contributed by atoms with Gasteiger partial charge in [-0.05, 0) is 23.6 Å². The third kappa shape index (κ3) is 4.16. The van der Waals surface area contributed by atoms with Crippen LogP contribution in [0.3, 0.4) is 0 Å². The summed E-state index contributed by atoms with van der Waals surface area (Å²) in [5, 5.41) is 11.2. The lowest BCUT2D eigenvalue weighted by atomic mass is 9.91. The minimum absolute atomic E-state index is 0. The van der Waals surface area contributed by atoms with Crippen LogP contribution in [-0.2, 0) is 0 Å². The predicted octanol–water partition coefficient (Wildman–Crippen LogP) is 4.48. The topological polar surface area (TPSA) is 46.2 Å². The largest absolute Gasteiger partial charge is 0.391 e. The van der Waals surface area contributed by atoms with E-state index in [-0.39, 0.29) is 18.3 Å². The molecule has 2 nitrogen and oxygen atoms in total. The van der Waals surface area contributed by atoms with Gasteiger partial charge in [0.05, 0.1) is 22.2 Å². The van der Waals surface area contributed by atoms with Gasteiger partial charge in [-0.15, -0.1) is 12.4 Å². The van der Waals surface area contributed by atoms with Crippen LogP contribution in [0.1, 0.15) is 31.9 Å². The maximum atomic E-state index is 10.1. The number of hydrogen-bond acceptors (Lipinski definition) is 2. The highest BCUT2D eigenvalue weighted by Gasteiger charge is 2.24. The van der Waals surface area contributed by atoms with Crippen molar-refractivity contribution in [2.75, 3.05) is 0 Å². The highest BCUT2D eigenvalue weighted by molar-refractivity contribution is 6.43. The lowest BCUT2D eigenvalue weighted by molar-refractivity contribution is 0.0880. The summed E-state index contributed by atoms with van der Waals surface area (Å²) in [5.74, 6) is 0.0822. The van der Waals surface area contributed by atoms with E-state index in [1.54, 1.807) is 12.1 Å². The molecule has 0 saturated carbocycles. The molecule has 0 amide bonds. The van der Waals surface area contributed by atoms with E-state index >= 15 is 0 Å². The third-order valence-corrected chi connectivity index (χ3v) is 4.01. The van der Waals surface area contributed by atoms with E-state index in [1.807, 2.05) is 13.8 Å². The average Bonchev–Trinajstić information content (AvgIpc) is 2.30. The van der Waals surface area contributed by atoms with Gasteiger partial charge in [-0.2, -0.15) is 0 Å². The second-order valence-electron chi connectivity index (χ2n) is 4.19. The van der Waals surface area contributed by atoms with Crippen LogP contribution in [0.25, 0.3) is 0 Å². The van der Waals surface area contributed by atoms with Gasteiger partial charge >= 0.3 is 0 Å². The molecule has 0 bridgehead atoms. The lowest BCUT2D eigenvalue weighted by Gasteiger charge is -2.25. The summed E-state index contributed by atoms with van der Waals surface area (Å²) in [7, 11) is 0. The second kappa shape index (κ2) is 7.78. The van der Waals surface area contributed by atoms with Gasteiger partial charge in [0.25, 0.3) is 0 Å². The zero-order valence-electron chi connectivity index (χ0n) is 10.2. The van der Waals surface area contributed by atoms with Crippen LogP contribution in [-0.4, -0.2) is 11.2 Å². The Bertz CT molecular complexity index is 400. The number of halogens is 4. The van der Waals surface area contributed by atoms with Gasteiger partial charge in [0.1, 0.15) is 0 Å². The molecular formula is C12H17Cl4NO. The Morgan fingerprint density at radius 3 is 2.33 bits per heavy atom. The first-order chi connectivity index (χ1) is 7.88. The summed E-state index contributed by atoms with van der Waals surface area (Å²) in [4.78, 5) is 0. The summed E-state index contributed by atoms with van der Waals surface area (Å²) in [6, 6.07) is 2.61. The van der Waals surface area contributed by atoms with Gasteiger partial charge in [0.15, 0.2) is 0 Å². The first kappa shape index (κ1) is 18.3. The van der Waals surface area contributed by atoms with E-state index in [4.69, 9.17) is 40.5 Å². The van der Waals surface area contributed by atoms with Gasteiger partial charge in [-0.25, -0.2) is 0 Å². The van der Waals surface area contributed by atoms with E-state index < -0.39 is 12.1 Å². The van der Waals surface area contributed by atoms with E-state index in [2.05, 4.69) is 0 Å². The minimum atomic E-state index is -0.674. The molecule has 0 radical (unpaired) electrons. The van der Waals surface area contributed by atoms with Crippen molar-refractivity contribution >= 4 is 47.2 Å². The molecule has 0 heterocycles. The Kier molecular flexibility index (Phi) is 7.91. The molecule has 104 valence electrons. The molecule has 0 saturated heterocycles. The molecule has 1 unspecified atom stereocenters. The number of nitrogens with two attached hydrogens (primary N) is 1. The van der Waals surface area contributed by atoms with Crippen molar-refractivity contribution in [1.82, 2.24) is 0 Å². The molecular weight excluding hydrogens is 316 g/mol. The normalized spacial score (nSPS) is 15.7. The average molecular weight is 333 g/mol.